The van der Waals surface area contributed by atoms with E-state index in [0.717, 1.165) is 5.82 Å². The summed E-state index contributed by atoms with van der Waals surface area (Å²) in [6, 6.07) is 0. The molecule has 0 aliphatic rings. The van der Waals surface area contributed by atoms with Gasteiger partial charge in [0.1, 0.15) is 0 Å². The van der Waals surface area contributed by atoms with Crippen molar-refractivity contribution >= 4 is 13.6 Å². The number of allylic oxidation sites excluding steroid dienone is 1. The van der Waals surface area contributed by atoms with Gasteiger partial charge in [-0.25, -0.2) is 4.79 Å². The van der Waals surface area contributed by atoms with Crippen molar-refractivity contribution in [2.24, 2.45) is 5.73 Å². The molecule has 0 unspecified atom stereocenters. The van der Waals surface area contributed by atoms with Crippen LogP contribution < -0.4 is 5.73 Å². The van der Waals surface area contributed by atoms with Gasteiger partial charge in [0.2, 0.25) is 0 Å². The second-order valence-corrected chi connectivity index (χ2v) is 5.15. The highest BCUT2D eigenvalue weighted by Gasteiger charge is 2.18. The number of rotatable bonds is 6. The van der Waals surface area contributed by atoms with Crippen LogP contribution in [0.1, 0.15) is 13.8 Å². The molecule has 7 heteroatoms. The number of hydrogen-bond donors (Lipinski definition) is 1. The Morgan fingerprint density at radius 1 is 1.35 bits per heavy atom. The summed E-state index contributed by atoms with van der Waals surface area (Å²) in [6.07, 6.45) is 1.28. The fraction of sp³-hybridized carbons (Fsp3) is 0.500. The zero-order valence-corrected chi connectivity index (χ0v) is 11.3. The molecule has 6 nitrogen and oxygen atoms in total. The molecular formula is C10H18NO5P. The summed E-state index contributed by atoms with van der Waals surface area (Å²) in [5.41, 5.74) is 5.92. The lowest BCUT2D eigenvalue weighted by atomic mass is 10.2. The molecule has 0 bridgehead atoms. The van der Waals surface area contributed by atoms with E-state index < -0.39 is 13.6 Å². The lowest BCUT2D eigenvalue weighted by Crippen LogP contribution is -2.11. The first-order chi connectivity index (χ1) is 7.90. The second-order valence-electron chi connectivity index (χ2n) is 3.04. The van der Waals surface area contributed by atoms with Crippen LogP contribution in [0.15, 0.2) is 23.2 Å². The second kappa shape index (κ2) is 7.27. The maximum Gasteiger partial charge on any atom is 0.353 e. The summed E-state index contributed by atoms with van der Waals surface area (Å²) in [6.45, 7) is 3.46. The van der Waals surface area contributed by atoms with E-state index in [4.69, 9.17) is 10.5 Å². The van der Waals surface area contributed by atoms with Crippen molar-refractivity contribution in [2.45, 2.75) is 13.8 Å². The van der Waals surface area contributed by atoms with Crippen LogP contribution in [0.5, 0.6) is 0 Å². The van der Waals surface area contributed by atoms with E-state index in [0.29, 0.717) is 0 Å². The quantitative estimate of drug-likeness (QED) is 0.340. The minimum absolute atomic E-state index is 0.126. The molecule has 2 N–H and O–H groups in total. The van der Waals surface area contributed by atoms with Crippen LogP contribution in [0.2, 0.25) is 0 Å². The smallest absolute Gasteiger partial charge is 0.353 e. The molecule has 0 heterocycles. The van der Waals surface area contributed by atoms with Crippen molar-refractivity contribution in [2.75, 3.05) is 20.8 Å². The van der Waals surface area contributed by atoms with Crippen molar-refractivity contribution in [3.63, 3.8) is 0 Å². The van der Waals surface area contributed by atoms with E-state index in [1.54, 1.807) is 13.8 Å². The molecule has 0 fully saturated rings. The molecule has 0 aliphatic heterocycles. The van der Waals surface area contributed by atoms with Gasteiger partial charge in [0.15, 0.2) is 0 Å². The fourth-order valence-electron chi connectivity index (χ4n) is 0.931. The van der Waals surface area contributed by atoms with Crippen LogP contribution in [-0.2, 0) is 23.1 Å². The predicted molar refractivity (Wildman–Crippen MR) is 64.3 cm³/mol. The highest BCUT2D eigenvalue weighted by molar-refractivity contribution is 7.57. The van der Waals surface area contributed by atoms with Gasteiger partial charge in [-0.15, -0.1) is 0 Å². The van der Waals surface area contributed by atoms with Crippen LogP contribution >= 0.6 is 7.60 Å². The van der Waals surface area contributed by atoms with Gasteiger partial charge in [0, 0.05) is 25.7 Å². The highest BCUT2D eigenvalue weighted by atomic mass is 31.2. The lowest BCUT2D eigenvalue weighted by Gasteiger charge is -2.09. The number of ether oxygens (including phenoxy) is 1. The Kier molecular flexibility index (Phi) is 6.80. The fourth-order valence-corrected chi connectivity index (χ4v) is 1.66. The van der Waals surface area contributed by atoms with E-state index >= 15 is 0 Å². The van der Waals surface area contributed by atoms with Crippen LogP contribution in [0.4, 0.5) is 0 Å². The Balaban J connectivity index is 5.05. The zero-order valence-electron chi connectivity index (χ0n) is 10.4. The number of hydrogen-bond acceptors (Lipinski definition) is 6. The predicted octanol–water partition coefficient (Wildman–Crippen LogP) is 1.78. The first kappa shape index (κ1) is 15.9. The number of carbonyl (C=O) groups is 1. The third-order valence-electron chi connectivity index (χ3n) is 1.85. The van der Waals surface area contributed by atoms with E-state index in [9.17, 15) is 9.36 Å². The molecule has 0 amide bonds. The summed E-state index contributed by atoms with van der Waals surface area (Å²) in [5.74, 6) is 0.581. The monoisotopic (exact) mass is 263 g/mol. The Labute approximate surface area is 101 Å². The average Bonchev–Trinajstić information content (AvgIpc) is 2.29. The average molecular weight is 263 g/mol. The third-order valence-corrected chi connectivity index (χ3v) is 3.39. The normalized spacial score (nSPS) is 13.6. The van der Waals surface area contributed by atoms with Gasteiger partial charge in [0.25, 0.3) is 0 Å². The van der Waals surface area contributed by atoms with Crippen LogP contribution in [0.25, 0.3) is 0 Å². The molecule has 0 atom stereocenters. The molecule has 0 spiro atoms. The molecule has 0 aliphatic carbocycles. The summed E-state index contributed by atoms with van der Waals surface area (Å²) in [7, 11) is -0.816. The van der Waals surface area contributed by atoms with Gasteiger partial charge >= 0.3 is 13.6 Å². The number of nitrogens with two attached hydrogens (primary N) is 1. The summed E-state index contributed by atoms with van der Waals surface area (Å²) in [4.78, 5) is 11.5. The molecule has 0 radical (unpaired) electrons. The SMILES string of the molecule is CCOC(=O)C(/C=C/P(=O)(OC)OC)=C(\C)N. The molecule has 17 heavy (non-hydrogen) atoms. The molecular weight excluding hydrogens is 245 g/mol. The highest BCUT2D eigenvalue weighted by Crippen LogP contribution is 2.48. The van der Waals surface area contributed by atoms with E-state index in [1.165, 1.54) is 20.3 Å². The number of carbonyl (C=O) groups excluding carboxylic acids is 1. The van der Waals surface area contributed by atoms with Gasteiger partial charge < -0.3 is 19.5 Å². The van der Waals surface area contributed by atoms with Crippen molar-refractivity contribution in [1.82, 2.24) is 0 Å². The minimum atomic E-state index is -3.31. The van der Waals surface area contributed by atoms with Gasteiger partial charge in [-0.05, 0) is 19.9 Å². The van der Waals surface area contributed by atoms with Crippen molar-refractivity contribution < 1.29 is 23.1 Å². The molecule has 0 aromatic rings. The first-order valence-corrected chi connectivity index (χ1v) is 6.55. The molecule has 0 aromatic carbocycles. The molecule has 0 saturated heterocycles. The topological polar surface area (TPSA) is 87.9 Å². The summed E-state index contributed by atoms with van der Waals surface area (Å²) in [5, 5.41) is 0. The van der Waals surface area contributed by atoms with E-state index in [1.807, 2.05) is 0 Å². The standard InChI is InChI=1S/C10H18NO5P/c1-5-16-10(12)9(8(2)11)6-7-17(13,14-3)15-4/h6-7H,5,11H2,1-4H3/b7-6+,9-8+. The first-order valence-electron chi connectivity index (χ1n) is 4.94. The van der Waals surface area contributed by atoms with Crippen molar-refractivity contribution in [1.29, 1.82) is 0 Å². The Bertz CT molecular complexity index is 363. The van der Waals surface area contributed by atoms with Gasteiger partial charge in [0.05, 0.1) is 12.2 Å². The Morgan fingerprint density at radius 2 is 1.88 bits per heavy atom. The Morgan fingerprint density at radius 3 is 2.24 bits per heavy atom. The van der Waals surface area contributed by atoms with Gasteiger partial charge in [-0.2, -0.15) is 0 Å². The Hall–Kier alpha value is -1.10. The van der Waals surface area contributed by atoms with Crippen molar-refractivity contribution in [3.8, 4) is 0 Å². The minimum Gasteiger partial charge on any atom is -0.462 e. The van der Waals surface area contributed by atoms with Crippen LogP contribution in [0.3, 0.4) is 0 Å². The maximum atomic E-state index is 11.7. The van der Waals surface area contributed by atoms with Crippen LogP contribution in [0, 0.1) is 0 Å². The number of esters is 1. The summed E-state index contributed by atoms with van der Waals surface area (Å²) >= 11 is 0. The van der Waals surface area contributed by atoms with E-state index in [-0.39, 0.29) is 17.9 Å². The maximum absolute atomic E-state index is 11.7. The van der Waals surface area contributed by atoms with E-state index in [2.05, 4.69) is 9.05 Å². The lowest BCUT2D eigenvalue weighted by molar-refractivity contribution is -0.138. The third kappa shape index (κ3) is 5.17. The molecule has 98 valence electrons. The van der Waals surface area contributed by atoms with Crippen molar-refractivity contribution in [3.05, 3.63) is 23.2 Å². The molecule has 0 saturated carbocycles. The molecule has 0 rings (SSSR count). The van der Waals surface area contributed by atoms with Crippen LogP contribution in [-0.4, -0.2) is 26.8 Å². The molecule has 0 aromatic heterocycles. The van der Waals surface area contributed by atoms with Gasteiger partial charge in [-0.1, -0.05) is 0 Å². The zero-order chi connectivity index (χ0) is 13.5. The van der Waals surface area contributed by atoms with Gasteiger partial charge in [-0.3, -0.25) is 4.57 Å². The summed E-state index contributed by atoms with van der Waals surface area (Å²) < 4.78 is 25.9. The largest absolute Gasteiger partial charge is 0.462 e.